The molecule has 7 heteroatoms. The monoisotopic (exact) mass is 261 g/mol. The molecule has 0 saturated heterocycles. The Kier molecular flexibility index (Phi) is 3.12. The molecule has 98 valence electrons. The molecule has 0 bridgehead atoms. The van der Waals surface area contributed by atoms with Crippen LogP contribution in [0.3, 0.4) is 0 Å². The number of methoxy groups -OCH3 is 1. The number of pyridine rings is 1. The molecule has 18 heavy (non-hydrogen) atoms. The molecule has 0 aliphatic heterocycles. The van der Waals surface area contributed by atoms with Crippen molar-refractivity contribution in [2.45, 2.75) is 18.4 Å². The summed E-state index contributed by atoms with van der Waals surface area (Å²) in [7, 11) is 0.856. The van der Waals surface area contributed by atoms with Gasteiger partial charge in [-0.1, -0.05) is 0 Å². The Morgan fingerprint density at radius 2 is 2.17 bits per heavy atom. The molecule has 4 nitrogen and oxygen atoms in total. The van der Waals surface area contributed by atoms with Crippen LogP contribution >= 0.6 is 0 Å². The number of halogens is 3. The molecule has 1 aromatic heterocycles. The summed E-state index contributed by atoms with van der Waals surface area (Å²) in [5.74, 6) is -2.49. The van der Waals surface area contributed by atoms with Gasteiger partial charge >= 0.3 is 6.18 Å². The van der Waals surface area contributed by atoms with E-state index in [0.717, 1.165) is 7.11 Å². The van der Waals surface area contributed by atoms with E-state index < -0.39 is 30.1 Å². The van der Waals surface area contributed by atoms with Crippen molar-refractivity contribution in [2.24, 2.45) is 5.92 Å². The maximum absolute atomic E-state index is 12.7. The lowest BCUT2D eigenvalue weighted by atomic mass is 9.95. The Labute approximate surface area is 100 Å². The minimum Gasteiger partial charge on any atom is -0.386 e. The SMILES string of the molecule is COC(C1C(=O)c2cccnc2C1O)C(F)(F)F. The fourth-order valence-electron chi connectivity index (χ4n) is 2.14. The maximum atomic E-state index is 12.7. The van der Waals surface area contributed by atoms with Crippen LogP contribution in [0.4, 0.5) is 13.2 Å². The highest BCUT2D eigenvalue weighted by Gasteiger charge is 2.54. The number of hydrogen-bond donors (Lipinski definition) is 1. The van der Waals surface area contributed by atoms with E-state index in [1.807, 2.05) is 0 Å². The second kappa shape index (κ2) is 4.33. The molecule has 1 heterocycles. The molecule has 0 fully saturated rings. The Bertz CT molecular complexity index is 475. The van der Waals surface area contributed by atoms with Gasteiger partial charge in [-0.3, -0.25) is 9.78 Å². The summed E-state index contributed by atoms with van der Waals surface area (Å²) < 4.78 is 42.5. The zero-order valence-corrected chi connectivity index (χ0v) is 9.31. The quantitative estimate of drug-likeness (QED) is 0.876. The van der Waals surface area contributed by atoms with Crippen molar-refractivity contribution in [3.8, 4) is 0 Å². The first-order valence-electron chi connectivity index (χ1n) is 5.14. The minimum atomic E-state index is -4.72. The van der Waals surface area contributed by atoms with E-state index in [1.54, 1.807) is 0 Å². The van der Waals surface area contributed by atoms with Gasteiger partial charge < -0.3 is 9.84 Å². The maximum Gasteiger partial charge on any atom is 0.415 e. The molecular weight excluding hydrogens is 251 g/mol. The third-order valence-electron chi connectivity index (χ3n) is 2.93. The van der Waals surface area contributed by atoms with E-state index >= 15 is 0 Å². The topological polar surface area (TPSA) is 59.4 Å². The summed E-state index contributed by atoms with van der Waals surface area (Å²) >= 11 is 0. The minimum absolute atomic E-state index is 0.0151. The number of aliphatic hydroxyl groups is 1. The van der Waals surface area contributed by atoms with E-state index in [1.165, 1.54) is 18.3 Å². The van der Waals surface area contributed by atoms with Crippen molar-refractivity contribution in [1.82, 2.24) is 4.98 Å². The smallest absolute Gasteiger partial charge is 0.386 e. The average molecular weight is 261 g/mol. The first-order chi connectivity index (χ1) is 8.38. The highest BCUT2D eigenvalue weighted by Crippen LogP contribution is 2.42. The van der Waals surface area contributed by atoms with Crippen LogP contribution in [0.5, 0.6) is 0 Å². The number of carbonyl (C=O) groups excluding carboxylic acids is 1. The summed E-state index contributed by atoms with van der Waals surface area (Å²) in [5.41, 5.74) is -0.0138. The number of aromatic nitrogens is 1. The van der Waals surface area contributed by atoms with E-state index in [-0.39, 0.29) is 11.3 Å². The molecule has 1 aliphatic rings. The highest BCUT2D eigenvalue weighted by atomic mass is 19.4. The van der Waals surface area contributed by atoms with E-state index in [4.69, 9.17) is 0 Å². The van der Waals surface area contributed by atoms with Crippen LogP contribution in [0.1, 0.15) is 22.2 Å². The number of carbonyl (C=O) groups is 1. The van der Waals surface area contributed by atoms with Gasteiger partial charge in [-0.05, 0) is 12.1 Å². The number of Topliss-reactive ketones (excluding diaryl/α,β-unsaturated/α-hetero) is 1. The standard InChI is InChI=1S/C11H10F3NO3/c1-18-10(11(12,13)14)6-8(16)5-3-2-4-15-7(5)9(6)17/h2-4,6,9-10,17H,1H3. The molecule has 2 rings (SSSR count). The first kappa shape index (κ1) is 13.0. The Morgan fingerprint density at radius 3 is 2.67 bits per heavy atom. The highest BCUT2D eigenvalue weighted by molar-refractivity contribution is 6.02. The number of fused-ring (bicyclic) bond motifs is 1. The third kappa shape index (κ3) is 1.89. The van der Waals surface area contributed by atoms with Crippen LogP contribution in [-0.2, 0) is 4.74 Å². The van der Waals surface area contributed by atoms with Crippen molar-refractivity contribution in [1.29, 1.82) is 0 Å². The zero-order chi connectivity index (χ0) is 13.5. The van der Waals surface area contributed by atoms with Crippen molar-refractivity contribution >= 4 is 5.78 Å². The van der Waals surface area contributed by atoms with Gasteiger partial charge in [0.15, 0.2) is 11.9 Å². The number of aliphatic hydroxyl groups excluding tert-OH is 1. The molecule has 1 N–H and O–H groups in total. The predicted molar refractivity (Wildman–Crippen MR) is 53.9 cm³/mol. The number of hydrogen-bond acceptors (Lipinski definition) is 4. The Balaban J connectivity index is 2.41. The lowest BCUT2D eigenvalue weighted by Gasteiger charge is -2.25. The van der Waals surface area contributed by atoms with Crippen LogP contribution in [0.2, 0.25) is 0 Å². The summed E-state index contributed by atoms with van der Waals surface area (Å²) in [4.78, 5) is 15.6. The van der Waals surface area contributed by atoms with Gasteiger partial charge in [-0.25, -0.2) is 0 Å². The van der Waals surface area contributed by atoms with Gasteiger partial charge in [0.2, 0.25) is 0 Å². The molecule has 1 aliphatic carbocycles. The van der Waals surface area contributed by atoms with Gasteiger partial charge in [0.25, 0.3) is 0 Å². The van der Waals surface area contributed by atoms with Crippen LogP contribution in [-0.4, -0.2) is 35.3 Å². The first-order valence-corrected chi connectivity index (χ1v) is 5.14. The van der Waals surface area contributed by atoms with E-state index in [0.29, 0.717) is 0 Å². The largest absolute Gasteiger partial charge is 0.415 e. The van der Waals surface area contributed by atoms with Gasteiger partial charge in [0.1, 0.15) is 6.10 Å². The molecule has 0 aromatic carbocycles. The molecule has 0 radical (unpaired) electrons. The summed E-state index contributed by atoms with van der Waals surface area (Å²) in [6.45, 7) is 0. The molecule has 0 amide bonds. The number of rotatable bonds is 2. The molecular formula is C11H10F3NO3. The number of nitrogens with zero attached hydrogens (tertiary/aromatic N) is 1. The second-order valence-electron chi connectivity index (χ2n) is 3.97. The van der Waals surface area contributed by atoms with Crippen molar-refractivity contribution in [3.63, 3.8) is 0 Å². The van der Waals surface area contributed by atoms with Crippen LogP contribution < -0.4 is 0 Å². The average Bonchev–Trinajstić information content (AvgIpc) is 2.54. The number of alkyl halides is 3. The lowest BCUT2D eigenvalue weighted by Crippen LogP contribution is -2.42. The number of ether oxygens (including phenoxy) is 1. The summed E-state index contributed by atoms with van der Waals surface area (Å²) in [5, 5.41) is 9.81. The van der Waals surface area contributed by atoms with Crippen LogP contribution in [0, 0.1) is 5.92 Å². The van der Waals surface area contributed by atoms with E-state index in [2.05, 4.69) is 9.72 Å². The van der Waals surface area contributed by atoms with Gasteiger partial charge in [-0.15, -0.1) is 0 Å². The van der Waals surface area contributed by atoms with Crippen molar-refractivity contribution in [3.05, 3.63) is 29.6 Å². The van der Waals surface area contributed by atoms with Gasteiger partial charge in [-0.2, -0.15) is 13.2 Å². The van der Waals surface area contributed by atoms with Gasteiger partial charge in [0.05, 0.1) is 11.6 Å². The van der Waals surface area contributed by atoms with Crippen molar-refractivity contribution < 1.29 is 27.8 Å². The third-order valence-corrected chi connectivity index (χ3v) is 2.93. The molecule has 3 atom stereocenters. The second-order valence-corrected chi connectivity index (χ2v) is 3.97. The number of ketones is 1. The molecule has 3 unspecified atom stereocenters. The predicted octanol–water partition coefficient (Wildman–Crippen LogP) is 1.50. The molecule has 0 spiro atoms. The fourth-order valence-corrected chi connectivity index (χ4v) is 2.14. The van der Waals surface area contributed by atoms with Gasteiger partial charge in [0, 0.05) is 18.9 Å². The molecule has 1 aromatic rings. The summed E-state index contributed by atoms with van der Waals surface area (Å²) in [6, 6.07) is 2.78. The Morgan fingerprint density at radius 1 is 1.50 bits per heavy atom. The zero-order valence-electron chi connectivity index (χ0n) is 9.31. The molecule has 0 saturated carbocycles. The van der Waals surface area contributed by atoms with Crippen LogP contribution in [0.25, 0.3) is 0 Å². The normalized spacial score (nSPS) is 25.1. The van der Waals surface area contributed by atoms with E-state index in [9.17, 15) is 23.1 Å². The summed E-state index contributed by atoms with van der Waals surface area (Å²) in [6.07, 6.45) is -7.35. The van der Waals surface area contributed by atoms with Crippen LogP contribution in [0.15, 0.2) is 18.3 Å². The Hall–Kier alpha value is -1.47. The lowest BCUT2D eigenvalue weighted by molar-refractivity contribution is -0.230. The fraction of sp³-hybridized carbons (Fsp3) is 0.455. The van der Waals surface area contributed by atoms with Crippen molar-refractivity contribution in [2.75, 3.05) is 7.11 Å².